The minimum atomic E-state index is 0. The van der Waals surface area contributed by atoms with Crippen molar-refractivity contribution in [3.05, 3.63) is 35.9 Å². The van der Waals surface area contributed by atoms with Gasteiger partial charge in [-0.3, -0.25) is 9.36 Å². The second-order valence-corrected chi connectivity index (χ2v) is 4.60. The molecule has 2 aromatic heterocycles. The fourth-order valence-electron chi connectivity index (χ4n) is 2.06. The van der Waals surface area contributed by atoms with Gasteiger partial charge in [0.15, 0.2) is 0 Å². The maximum atomic E-state index is 4.32. The Morgan fingerprint density at radius 3 is 2.42 bits per heavy atom. The van der Waals surface area contributed by atoms with E-state index in [1.165, 1.54) is 11.4 Å². The van der Waals surface area contributed by atoms with Gasteiger partial charge in [-0.15, -0.1) is 12.4 Å². The van der Waals surface area contributed by atoms with Crippen LogP contribution >= 0.6 is 12.4 Å². The molecule has 0 atom stereocenters. The first-order chi connectivity index (χ1) is 8.72. The topological polar surface area (TPSA) is 47.7 Å². The summed E-state index contributed by atoms with van der Waals surface area (Å²) < 4.78 is 4.05. The van der Waals surface area contributed by atoms with E-state index in [0.29, 0.717) is 6.04 Å². The Kier molecular flexibility index (Phi) is 6.05. The molecule has 0 saturated heterocycles. The van der Waals surface area contributed by atoms with Crippen LogP contribution < -0.4 is 5.32 Å². The maximum absolute atomic E-state index is 4.32. The highest BCUT2D eigenvalue weighted by Gasteiger charge is 2.06. The molecule has 0 spiro atoms. The van der Waals surface area contributed by atoms with E-state index in [4.69, 9.17) is 0 Å². The third-order valence-corrected chi connectivity index (χ3v) is 2.96. The van der Waals surface area contributed by atoms with E-state index in [0.717, 1.165) is 19.6 Å². The summed E-state index contributed by atoms with van der Waals surface area (Å²) in [6.45, 7) is 8.95. The van der Waals surface area contributed by atoms with Crippen LogP contribution in [0.2, 0.25) is 0 Å². The second-order valence-electron chi connectivity index (χ2n) is 4.60. The molecule has 106 valence electrons. The summed E-state index contributed by atoms with van der Waals surface area (Å²) in [4.78, 5) is 0. The van der Waals surface area contributed by atoms with E-state index in [1.54, 1.807) is 0 Å². The van der Waals surface area contributed by atoms with E-state index >= 15 is 0 Å². The van der Waals surface area contributed by atoms with Crippen LogP contribution in [-0.4, -0.2) is 19.6 Å². The fraction of sp³-hybridized carbons (Fsp3) is 0.538. The number of rotatable bonds is 6. The van der Waals surface area contributed by atoms with Crippen LogP contribution in [0.5, 0.6) is 0 Å². The van der Waals surface area contributed by atoms with Gasteiger partial charge in [0, 0.05) is 38.1 Å². The summed E-state index contributed by atoms with van der Waals surface area (Å²) in [6.07, 6.45) is 3.70. The Labute approximate surface area is 120 Å². The van der Waals surface area contributed by atoms with Crippen LogP contribution in [0.4, 0.5) is 0 Å². The summed E-state index contributed by atoms with van der Waals surface area (Å²) in [5.74, 6) is 0. The molecule has 0 aliphatic carbocycles. The minimum Gasteiger partial charge on any atom is -0.306 e. The maximum Gasteiger partial charge on any atom is 0.0525 e. The van der Waals surface area contributed by atoms with E-state index in [-0.39, 0.29) is 12.4 Å². The van der Waals surface area contributed by atoms with Crippen molar-refractivity contribution in [3.8, 4) is 0 Å². The van der Waals surface area contributed by atoms with E-state index in [9.17, 15) is 0 Å². The first-order valence-corrected chi connectivity index (χ1v) is 6.46. The molecule has 2 aromatic rings. The van der Waals surface area contributed by atoms with Crippen molar-refractivity contribution in [2.24, 2.45) is 0 Å². The number of hydrogen-bond donors (Lipinski definition) is 1. The lowest BCUT2D eigenvalue weighted by molar-refractivity contribution is 0.491. The Balaban J connectivity index is 0.00000180. The number of aryl methyl sites for hydroxylation is 1. The fourth-order valence-corrected chi connectivity index (χ4v) is 2.06. The number of aromatic nitrogens is 4. The van der Waals surface area contributed by atoms with Gasteiger partial charge in [0.1, 0.15) is 0 Å². The molecule has 0 aromatic carbocycles. The van der Waals surface area contributed by atoms with Crippen molar-refractivity contribution in [1.29, 1.82) is 0 Å². The predicted octanol–water partition coefficient (Wildman–Crippen LogP) is 2.39. The molecule has 0 saturated carbocycles. The molecule has 6 heteroatoms. The van der Waals surface area contributed by atoms with Crippen LogP contribution in [0, 0.1) is 0 Å². The van der Waals surface area contributed by atoms with Crippen LogP contribution in [0.3, 0.4) is 0 Å². The van der Waals surface area contributed by atoms with Gasteiger partial charge in [-0.05, 0) is 32.9 Å². The van der Waals surface area contributed by atoms with Gasteiger partial charge >= 0.3 is 0 Å². The van der Waals surface area contributed by atoms with Crippen LogP contribution in [-0.2, 0) is 19.6 Å². The Morgan fingerprint density at radius 1 is 1.11 bits per heavy atom. The lowest BCUT2D eigenvalue weighted by Crippen LogP contribution is -2.19. The van der Waals surface area contributed by atoms with E-state index in [2.05, 4.69) is 48.4 Å². The Bertz CT molecular complexity index is 489. The number of nitrogens with one attached hydrogen (secondary N) is 1. The summed E-state index contributed by atoms with van der Waals surface area (Å²) in [6, 6.07) is 4.51. The zero-order valence-corrected chi connectivity index (χ0v) is 12.5. The monoisotopic (exact) mass is 283 g/mol. The Morgan fingerprint density at radius 2 is 1.74 bits per heavy atom. The average Bonchev–Trinajstić information content (AvgIpc) is 2.97. The predicted molar refractivity (Wildman–Crippen MR) is 78.3 cm³/mol. The highest BCUT2D eigenvalue weighted by Crippen LogP contribution is 2.08. The average molecular weight is 284 g/mol. The van der Waals surface area contributed by atoms with Crippen molar-refractivity contribution >= 4 is 12.4 Å². The molecule has 0 radical (unpaired) electrons. The van der Waals surface area contributed by atoms with Crippen molar-refractivity contribution in [1.82, 2.24) is 24.9 Å². The normalized spacial score (nSPS) is 10.7. The van der Waals surface area contributed by atoms with E-state index < -0.39 is 0 Å². The number of nitrogens with zero attached hydrogens (tertiary/aromatic N) is 4. The van der Waals surface area contributed by atoms with Crippen LogP contribution in [0.1, 0.15) is 38.2 Å². The van der Waals surface area contributed by atoms with Crippen LogP contribution in [0.25, 0.3) is 0 Å². The van der Waals surface area contributed by atoms with Gasteiger partial charge in [-0.2, -0.15) is 10.2 Å². The molecule has 0 unspecified atom stereocenters. The van der Waals surface area contributed by atoms with Gasteiger partial charge in [0.25, 0.3) is 0 Å². The molecule has 2 rings (SSSR count). The minimum absolute atomic E-state index is 0. The lowest BCUT2D eigenvalue weighted by atomic mass is 10.3. The lowest BCUT2D eigenvalue weighted by Gasteiger charge is -2.12. The zero-order chi connectivity index (χ0) is 13.0. The molecule has 5 nitrogen and oxygen atoms in total. The second kappa shape index (κ2) is 7.31. The summed E-state index contributed by atoms with van der Waals surface area (Å²) in [5, 5.41) is 12.0. The van der Waals surface area contributed by atoms with Crippen molar-refractivity contribution in [2.75, 3.05) is 0 Å². The van der Waals surface area contributed by atoms with Crippen molar-refractivity contribution < 1.29 is 0 Å². The summed E-state index contributed by atoms with van der Waals surface area (Å²) in [7, 11) is 0. The zero-order valence-electron chi connectivity index (χ0n) is 11.7. The quantitative estimate of drug-likeness (QED) is 0.885. The molecule has 0 amide bonds. The molecule has 2 heterocycles. The van der Waals surface area contributed by atoms with Gasteiger partial charge in [0.2, 0.25) is 0 Å². The molecule has 19 heavy (non-hydrogen) atoms. The molecule has 0 aliphatic rings. The van der Waals surface area contributed by atoms with Crippen molar-refractivity contribution in [3.63, 3.8) is 0 Å². The molecular weight excluding hydrogens is 262 g/mol. The van der Waals surface area contributed by atoms with Gasteiger partial charge in [-0.25, -0.2) is 0 Å². The number of hydrogen-bond acceptors (Lipinski definition) is 3. The van der Waals surface area contributed by atoms with Crippen LogP contribution in [0.15, 0.2) is 24.5 Å². The first-order valence-electron chi connectivity index (χ1n) is 6.46. The Hall–Kier alpha value is -1.33. The van der Waals surface area contributed by atoms with Gasteiger partial charge < -0.3 is 5.32 Å². The van der Waals surface area contributed by atoms with E-state index in [1.807, 2.05) is 21.8 Å². The third kappa shape index (κ3) is 3.81. The highest BCUT2D eigenvalue weighted by molar-refractivity contribution is 5.85. The largest absolute Gasteiger partial charge is 0.306 e. The smallest absolute Gasteiger partial charge is 0.0525 e. The SMILES string of the molecule is CCn1nccc1CNCc1ccnn1C(C)C.Cl. The summed E-state index contributed by atoms with van der Waals surface area (Å²) in [5.41, 5.74) is 2.43. The highest BCUT2D eigenvalue weighted by atomic mass is 35.5. The third-order valence-electron chi connectivity index (χ3n) is 2.96. The molecule has 1 N–H and O–H groups in total. The molecular formula is C13H22ClN5. The first kappa shape index (κ1) is 15.7. The van der Waals surface area contributed by atoms with Gasteiger partial charge in [-0.1, -0.05) is 0 Å². The molecule has 0 aliphatic heterocycles. The van der Waals surface area contributed by atoms with Crippen molar-refractivity contribution in [2.45, 2.75) is 46.4 Å². The number of halogens is 1. The summed E-state index contributed by atoms with van der Waals surface area (Å²) >= 11 is 0. The standard InChI is InChI=1S/C13H21N5.ClH/c1-4-17-12(5-7-15-17)9-14-10-13-6-8-16-18(13)11(2)3;/h5-8,11,14H,4,9-10H2,1-3H3;1H. The molecule has 0 bridgehead atoms. The van der Waals surface area contributed by atoms with Gasteiger partial charge in [0.05, 0.1) is 11.4 Å². The molecule has 0 fully saturated rings.